The van der Waals surface area contributed by atoms with Gasteiger partial charge in [-0.1, -0.05) is 12.8 Å². The molecule has 2 heterocycles. The Labute approximate surface area is 170 Å². The van der Waals surface area contributed by atoms with Crippen molar-refractivity contribution in [2.45, 2.75) is 69.9 Å². The molecule has 0 aromatic carbocycles. The second-order valence-corrected chi connectivity index (χ2v) is 8.79. The fourth-order valence-electron chi connectivity index (χ4n) is 5.00. The van der Waals surface area contributed by atoms with Gasteiger partial charge in [-0.05, 0) is 64.6 Å². The predicted molar refractivity (Wildman–Crippen MR) is 114 cm³/mol. The summed E-state index contributed by atoms with van der Waals surface area (Å²) in [6.07, 6.45) is 11.0. The summed E-state index contributed by atoms with van der Waals surface area (Å²) in [5.41, 5.74) is 5.41. The molecular formula is C21H40N6O. The molecule has 1 atom stereocenters. The maximum Gasteiger partial charge on any atom is 0.220 e. The van der Waals surface area contributed by atoms with Gasteiger partial charge in [0.2, 0.25) is 5.91 Å². The van der Waals surface area contributed by atoms with E-state index in [1.165, 1.54) is 45.1 Å². The van der Waals surface area contributed by atoms with Crippen LogP contribution in [0.2, 0.25) is 0 Å². The van der Waals surface area contributed by atoms with E-state index in [1.807, 2.05) is 7.05 Å². The molecule has 28 heavy (non-hydrogen) atoms. The third kappa shape index (κ3) is 6.34. The van der Waals surface area contributed by atoms with Crippen LogP contribution in [0.15, 0.2) is 4.99 Å². The maximum absolute atomic E-state index is 11.2. The van der Waals surface area contributed by atoms with E-state index in [4.69, 9.17) is 5.73 Å². The minimum absolute atomic E-state index is 0.0903. The predicted octanol–water partition coefficient (Wildman–Crippen LogP) is 1.15. The van der Waals surface area contributed by atoms with Crippen LogP contribution in [0.3, 0.4) is 0 Å². The van der Waals surface area contributed by atoms with Crippen molar-refractivity contribution in [3.05, 3.63) is 0 Å². The van der Waals surface area contributed by atoms with E-state index in [2.05, 4.69) is 25.4 Å². The third-order valence-corrected chi connectivity index (χ3v) is 6.81. The summed E-state index contributed by atoms with van der Waals surface area (Å²) in [6, 6.07) is 1.35. The van der Waals surface area contributed by atoms with Crippen molar-refractivity contribution in [2.24, 2.45) is 16.6 Å². The van der Waals surface area contributed by atoms with Crippen LogP contribution in [0.25, 0.3) is 0 Å². The summed E-state index contributed by atoms with van der Waals surface area (Å²) >= 11 is 0. The number of primary amides is 1. The molecule has 160 valence electrons. The number of hydrogen-bond acceptors (Lipinski definition) is 4. The molecule has 2 saturated heterocycles. The fourth-order valence-corrected chi connectivity index (χ4v) is 5.00. The molecule has 0 spiro atoms. The van der Waals surface area contributed by atoms with Crippen LogP contribution in [-0.4, -0.2) is 80.1 Å². The molecule has 3 rings (SSSR count). The zero-order valence-corrected chi connectivity index (χ0v) is 17.7. The molecule has 7 heteroatoms. The molecule has 3 aliphatic rings. The van der Waals surface area contributed by atoms with Crippen molar-refractivity contribution >= 4 is 11.9 Å². The molecule has 0 aromatic heterocycles. The summed E-state index contributed by atoms with van der Waals surface area (Å²) in [4.78, 5) is 20.8. The number of unbranched alkanes of at least 4 members (excludes halogenated alkanes) is 1. The van der Waals surface area contributed by atoms with Gasteiger partial charge in [0.15, 0.2) is 5.96 Å². The molecule has 0 radical (unpaired) electrons. The minimum Gasteiger partial charge on any atom is -0.369 e. The first-order valence-corrected chi connectivity index (χ1v) is 11.4. The summed E-state index contributed by atoms with van der Waals surface area (Å²) in [6.45, 7) is 6.46. The van der Waals surface area contributed by atoms with Gasteiger partial charge in [-0.3, -0.25) is 14.7 Å². The van der Waals surface area contributed by atoms with Crippen molar-refractivity contribution in [1.82, 2.24) is 20.4 Å². The van der Waals surface area contributed by atoms with Gasteiger partial charge < -0.3 is 21.3 Å². The lowest BCUT2D eigenvalue weighted by Crippen LogP contribution is -2.45. The molecule has 2 aliphatic heterocycles. The van der Waals surface area contributed by atoms with Crippen LogP contribution in [0, 0.1) is 5.92 Å². The van der Waals surface area contributed by atoms with Crippen molar-refractivity contribution in [2.75, 3.05) is 46.3 Å². The number of nitrogens with zero attached hydrogens (tertiary/aromatic N) is 3. The largest absolute Gasteiger partial charge is 0.369 e. The first-order chi connectivity index (χ1) is 13.7. The highest BCUT2D eigenvalue weighted by molar-refractivity contribution is 5.80. The number of aliphatic imine (C=N–C) groups is 1. The molecule has 3 fully saturated rings. The van der Waals surface area contributed by atoms with Crippen LogP contribution in [0.5, 0.6) is 0 Å². The zero-order chi connectivity index (χ0) is 19.8. The summed E-state index contributed by atoms with van der Waals surface area (Å²) in [5, 5.41) is 7.10. The lowest BCUT2D eigenvalue weighted by atomic mass is 9.96. The number of piperidine rings is 1. The Balaban J connectivity index is 1.24. The van der Waals surface area contributed by atoms with Crippen LogP contribution in [0.4, 0.5) is 0 Å². The van der Waals surface area contributed by atoms with Crippen molar-refractivity contribution in [1.29, 1.82) is 0 Å². The van der Waals surface area contributed by atoms with Gasteiger partial charge in [0.25, 0.3) is 0 Å². The Hall–Kier alpha value is -1.34. The number of rotatable bonds is 8. The van der Waals surface area contributed by atoms with Gasteiger partial charge >= 0.3 is 0 Å². The van der Waals surface area contributed by atoms with Crippen molar-refractivity contribution in [3.8, 4) is 0 Å². The lowest BCUT2D eigenvalue weighted by Gasteiger charge is -2.30. The van der Waals surface area contributed by atoms with Crippen LogP contribution >= 0.6 is 0 Å². The van der Waals surface area contributed by atoms with Crippen LogP contribution in [0.1, 0.15) is 57.8 Å². The zero-order valence-electron chi connectivity index (χ0n) is 17.7. The van der Waals surface area contributed by atoms with E-state index < -0.39 is 0 Å². The topological polar surface area (TPSA) is 86.0 Å². The number of carbonyl (C=O) groups is 1. The molecule has 0 bridgehead atoms. The molecule has 4 N–H and O–H groups in total. The van der Waals surface area contributed by atoms with E-state index >= 15 is 0 Å². The van der Waals surface area contributed by atoms with Gasteiger partial charge in [0.1, 0.15) is 0 Å². The quantitative estimate of drug-likeness (QED) is 0.328. The molecule has 1 unspecified atom stereocenters. The van der Waals surface area contributed by atoms with Gasteiger partial charge in [0, 0.05) is 44.7 Å². The Morgan fingerprint density at radius 1 is 1.07 bits per heavy atom. The average molecular weight is 393 g/mol. The molecule has 1 saturated carbocycles. The highest BCUT2D eigenvalue weighted by Crippen LogP contribution is 2.26. The SMILES string of the molecule is CN=C(NCCCCN1CCC(C(N)=O)CC1)NC1CCN(C2CCCC2)C1. The first kappa shape index (κ1) is 21.4. The molecular weight excluding hydrogens is 352 g/mol. The second kappa shape index (κ2) is 11.0. The third-order valence-electron chi connectivity index (χ3n) is 6.81. The Bertz CT molecular complexity index is 511. The van der Waals surface area contributed by atoms with Crippen LogP contribution < -0.4 is 16.4 Å². The van der Waals surface area contributed by atoms with E-state index in [-0.39, 0.29) is 11.8 Å². The van der Waals surface area contributed by atoms with Crippen LogP contribution in [-0.2, 0) is 4.79 Å². The molecule has 1 amide bonds. The van der Waals surface area contributed by atoms with Gasteiger partial charge in [-0.2, -0.15) is 0 Å². The summed E-state index contributed by atoms with van der Waals surface area (Å²) < 4.78 is 0. The lowest BCUT2D eigenvalue weighted by molar-refractivity contribution is -0.123. The summed E-state index contributed by atoms with van der Waals surface area (Å²) in [7, 11) is 1.86. The number of carbonyl (C=O) groups excluding carboxylic acids is 1. The number of nitrogens with one attached hydrogen (secondary N) is 2. The summed E-state index contributed by atoms with van der Waals surface area (Å²) in [5.74, 6) is 0.907. The highest BCUT2D eigenvalue weighted by atomic mass is 16.1. The smallest absolute Gasteiger partial charge is 0.220 e. The van der Waals surface area contributed by atoms with E-state index in [0.29, 0.717) is 6.04 Å². The van der Waals surface area contributed by atoms with Gasteiger partial charge in [-0.15, -0.1) is 0 Å². The van der Waals surface area contributed by atoms with Crippen molar-refractivity contribution < 1.29 is 4.79 Å². The van der Waals surface area contributed by atoms with E-state index in [1.54, 1.807) is 0 Å². The molecule has 1 aliphatic carbocycles. The van der Waals surface area contributed by atoms with Crippen molar-refractivity contribution in [3.63, 3.8) is 0 Å². The maximum atomic E-state index is 11.2. The monoisotopic (exact) mass is 392 g/mol. The number of likely N-dealkylation sites (tertiary alicyclic amines) is 2. The molecule has 7 nitrogen and oxygen atoms in total. The van der Waals surface area contributed by atoms with Gasteiger partial charge in [-0.25, -0.2) is 0 Å². The number of guanidine groups is 1. The Morgan fingerprint density at radius 2 is 1.82 bits per heavy atom. The fraction of sp³-hybridized carbons (Fsp3) is 0.905. The average Bonchev–Trinajstić information content (AvgIpc) is 3.39. The Morgan fingerprint density at radius 3 is 2.50 bits per heavy atom. The second-order valence-electron chi connectivity index (χ2n) is 8.79. The standard InChI is InChI=1S/C21H40N6O/c1-23-21(25-18-10-15-27(16-18)19-6-2-3-7-19)24-11-4-5-12-26-13-8-17(9-14-26)20(22)28/h17-19H,2-16H2,1H3,(H2,22,28)(H2,23,24,25). The van der Waals surface area contributed by atoms with E-state index in [0.717, 1.165) is 64.0 Å². The first-order valence-electron chi connectivity index (χ1n) is 11.4. The number of nitrogens with two attached hydrogens (primary N) is 1. The number of hydrogen-bond donors (Lipinski definition) is 3. The Kier molecular flexibility index (Phi) is 8.40. The minimum atomic E-state index is -0.128. The number of amides is 1. The normalized spacial score (nSPS) is 26.0. The van der Waals surface area contributed by atoms with Gasteiger partial charge in [0.05, 0.1) is 0 Å². The molecule has 0 aromatic rings. The highest BCUT2D eigenvalue weighted by Gasteiger charge is 2.30. The van der Waals surface area contributed by atoms with E-state index in [9.17, 15) is 4.79 Å².